The number of aryl methyl sites for hydroxylation is 2. The number of carbonyl (C=O) groups is 2. The molecule has 8 heteroatoms. The van der Waals surface area contributed by atoms with Crippen molar-refractivity contribution in [1.82, 2.24) is 10.2 Å². The van der Waals surface area contributed by atoms with Crippen molar-refractivity contribution in [2.45, 2.75) is 39.0 Å². The van der Waals surface area contributed by atoms with Gasteiger partial charge in [-0.15, -0.1) is 0 Å². The summed E-state index contributed by atoms with van der Waals surface area (Å²) < 4.78 is 0.915. The van der Waals surface area contributed by atoms with Crippen LogP contribution in [-0.4, -0.2) is 65.3 Å². The number of aliphatic hydroxyl groups excluding tert-OH is 2. The number of anilines is 1. The first kappa shape index (κ1) is 24.2. The zero-order chi connectivity index (χ0) is 23.4. The van der Waals surface area contributed by atoms with Crippen LogP contribution < -0.4 is 10.2 Å². The lowest BCUT2D eigenvalue weighted by Crippen LogP contribution is -2.56. The number of carbonyl (C=O) groups excluding carboxylic acids is 2. The van der Waals surface area contributed by atoms with Gasteiger partial charge in [-0.1, -0.05) is 40.2 Å². The minimum absolute atomic E-state index is 0.381. The number of nitrogens with one attached hydrogen (secondary N) is 1. The third kappa shape index (κ3) is 5.68. The van der Waals surface area contributed by atoms with E-state index in [1.54, 1.807) is 6.92 Å². The Labute approximate surface area is 197 Å². The number of amides is 2. The van der Waals surface area contributed by atoms with Crippen LogP contribution >= 0.6 is 15.9 Å². The predicted octanol–water partition coefficient (Wildman–Crippen LogP) is 2.31. The third-order valence-electron chi connectivity index (χ3n) is 5.85. The van der Waals surface area contributed by atoms with E-state index in [0.29, 0.717) is 26.2 Å². The fourth-order valence-corrected chi connectivity index (χ4v) is 4.09. The van der Waals surface area contributed by atoms with Gasteiger partial charge in [0.1, 0.15) is 0 Å². The van der Waals surface area contributed by atoms with Crippen molar-refractivity contribution in [3.63, 3.8) is 0 Å². The number of piperazine rings is 1. The van der Waals surface area contributed by atoms with Gasteiger partial charge in [-0.2, -0.15) is 0 Å². The van der Waals surface area contributed by atoms with Crippen molar-refractivity contribution < 1.29 is 19.8 Å². The second-order valence-electron chi connectivity index (χ2n) is 8.27. The number of halogens is 1. The molecule has 0 saturated carbocycles. The predicted molar refractivity (Wildman–Crippen MR) is 127 cm³/mol. The Hall–Kier alpha value is -2.42. The number of hydrogen-bond acceptors (Lipinski definition) is 5. The molecule has 172 valence electrons. The molecule has 1 saturated heterocycles. The van der Waals surface area contributed by atoms with Crippen LogP contribution in [0.25, 0.3) is 0 Å². The summed E-state index contributed by atoms with van der Waals surface area (Å²) in [5, 5.41) is 23.3. The molecule has 0 aliphatic carbocycles. The Kier molecular flexibility index (Phi) is 7.92. The first-order valence-electron chi connectivity index (χ1n) is 10.7. The quantitative estimate of drug-likeness (QED) is 0.562. The summed E-state index contributed by atoms with van der Waals surface area (Å²) in [4.78, 5) is 28.8. The zero-order valence-electron chi connectivity index (χ0n) is 18.6. The highest BCUT2D eigenvalue weighted by atomic mass is 79.9. The molecule has 3 N–H and O–H groups in total. The van der Waals surface area contributed by atoms with Crippen LogP contribution in [0.3, 0.4) is 0 Å². The van der Waals surface area contributed by atoms with Gasteiger partial charge in [-0.05, 0) is 55.7 Å². The van der Waals surface area contributed by atoms with Crippen LogP contribution in [0.5, 0.6) is 0 Å². The summed E-state index contributed by atoms with van der Waals surface area (Å²) >= 11 is 3.36. The molecule has 1 heterocycles. The lowest BCUT2D eigenvalue weighted by molar-refractivity contribution is -0.153. The first-order valence-corrected chi connectivity index (χ1v) is 11.5. The van der Waals surface area contributed by atoms with Gasteiger partial charge >= 0.3 is 0 Å². The normalized spacial score (nSPS) is 16.9. The molecule has 0 bridgehead atoms. The van der Waals surface area contributed by atoms with Crippen molar-refractivity contribution >= 4 is 33.4 Å². The summed E-state index contributed by atoms with van der Waals surface area (Å²) in [6, 6.07) is 13.3. The fourth-order valence-electron chi connectivity index (χ4n) is 3.83. The molecular weight excluding hydrogens is 474 g/mol. The second-order valence-corrected chi connectivity index (χ2v) is 9.19. The minimum Gasteiger partial charge on any atom is -0.380 e. The molecule has 2 aromatic carbocycles. The summed E-state index contributed by atoms with van der Waals surface area (Å²) in [6.07, 6.45) is -3.64. The van der Waals surface area contributed by atoms with Crippen LogP contribution in [-0.2, 0) is 9.59 Å². The largest absolute Gasteiger partial charge is 0.380 e. The van der Waals surface area contributed by atoms with Gasteiger partial charge in [0.05, 0.1) is 6.04 Å². The van der Waals surface area contributed by atoms with E-state index in [-0.39, 0.29) is 6.04 Å². The molecule has 32 heavy (non-hydrogen) atoms. The van der Waals surface area contributed by atoms with Gasteiger partial charge in [0, 0.05) is 36.3 Å². The summed E-state index contributed by atoms with van der Waals surface area (Å²) in [5.41, 5.74) is 4.32. The molecule has 0 aromatic heterocycles. The minimum atomic E-state index is -1.84. The van der Waals surface area contributed by atoms with Crippen LogP contribution in [0, 0.1) is 13.8 Å². The van der Waals surface area contributed by atoms with E-state index in [1.807, 2.05) is 31.2 Å². The number of hydrogen-bond donors (Lipinski definition) is 3. The second kappa shape index (κ2) is 10.5. The van der Waals surface area contributed by atoms with E-state index < -0.39 is 24.0 Å². The Balaban J connectivity index is 1.55. The number of rotatable bonds is 6. The molecule has 3 rings (SSSR count). The highest BCUT2D eigenvalue weighted by molar-refractivity contribution is 9.10. The molecule has 1 fully saturated rings. The Morgan fingerprint density at radius 1 is 0.969 bits per heavy atom. The summed E-state index contributed by atoms with van der Waals surface area (Å²) in [6.45, 7) is 7.93. The summed E-state index contributed by atoms with van der Waals surface area (Å²) in [5.74, 6) is -1.42. The van der Waals surface area contributed by atoms with Crippen LogP contribution in [0.4, 0.5) is 5.69 Å². The smallest absolute Gasteiger partial charge is 0.254 e. The molecule has 1 aliphatic rings. The Morgan fingerprint density at radius 3 is 2.22 bits per heavy atom. The molecule has 2 amide bonds. The molecule has 0 radical (unpaired) electrons. The van der Waals surface area contributed by atoms with Gasteiger partial charge in [-0.3, -0.25) is 9.59 Å². The van der Waals surface area contributed by atoms with E-state index in [1.165, 1.54) is 16.0 Å². The van der Waals surface area contributed by atoms with Crippen molar-refractivity contribution in [3.8, 4) is 0 Å². The standard InChI is InChI=1S/C24H30BrN3O4/c1-15-4-5-16(2)20(14-15)27-10-12-28(13-11-27)24(32)22(30)21(29)23(31)26-17(3)18-6-8-19(25)9-7-18/h4-9,14,17,21-22,29-30H,10-13H2,1-3H3,(H,26,31)/t17-,21+,22+/m0/s1. The maximum Gasteiger partial charge on any atom is 0.254 e. The number of benzene rings is 2. The fraction of sp³-hybridized carbons (Fsp3) is 0.417. The maximum absolute atomic E-state index is 12.7. The van der Waals surface area contributed by atoms with E-state index >= 15 is 0 Å². The first-order chi connectivity index (χ1) is 15.2. The molecule has 3 atom stereocenters. The van der Waals surface area contributed by atoms with Crippen molar-refractivity contribution in [3.05, 3.63) is 63.6 Å². The Morgan fingerprint density at radius 2 is 1.59 bits per heavy atom. The maximum atomic E-state index is 12.7. The third-order valence-corrected chi connectivity index (χ3v) is 6.37. The molecular formula is C24H30BrN3O4. The van der Waals surface area contributed by atoms with Crippen LogP contribution in [0.15, 0.2) is 46.9 Å². The molecule has 0 spiro atoms. The topological polar surface area (TPSA) is 93.1 Å². The average molecular weight is 504 g/mol. The van der Waals surface area contributed by atoms with Gasteiger partial charge < -0.3 is 25.3 Å². The van der Waals surface area contributed by atoms with Gasteiger partial charge in [0.15, 0.2) is 12.2 Å². The van der Waals surface area contributed by atoms with Gasteiger partial charge in [0.2, 0.25) is 0 Å². The molecule has 7 nitrogen and oxygen atoms in total. The molecule has 2 aromatic rings. The van der Waals surface area contributed by atoms with Crippen LogP contribution in [0.1, 0.15) is 29.7 Å². The van der Waals surface area contributed by atoms with Crippen molar-refractivity contribution in [2.24, 2.45) is 0 Å². The monoisotopic (exact) mass is 503 g/mol. The van der Waals surface area contributed by atoms with E-state index in [2.05, 4.69) is 51.3 Å². The lowest BCUT2D eigenvalue weighted by Gasteiger charge is -2.38. The van der Waals surface area contributed by atoms with Crippen molar-refractivity contribution in [1.29, 1.82) is 0 Å². The zero-order valence-corrected chi connectivity index (χ0v) is 20.2. The molecule has 1 aliphatic heterocycles. The van der Waals surface area contributed by atoms with Crippen molar-refractivity contribution in [2.75, 3.05) is 31.1 Å². The van der Waals surface area contributed by atoms with E-state index in [9.17, 15) is 19.8 Å². The average Bonchev–Trinajstić information content (AvgIpc) is 2.79. The number of nitrogens with zero attached hydrogens (tertiary/aromatic N) is 2. The SMILES string of the molecule is Cc1ccc(C)c(N2CCN(C(=O)[C@H](O)[C@@H](O)C(=O)N[C@@H](C)c3ccc(Br)cc3)CC2)c1. The Bertz CT molecular complexity index is 958. The summed E-state index contributed by atoms with van der Waals surface area (Å²) in [7, 11) is 0. The number of aliphatic hydroxyl groups is 2. The van der Waals surface area contributed by atoms with E-state index in [4.69, 9.17) is 0 Å². The highest BCUT2D eigenvalue weighted by Gasteiger charge is 2.35. The van der Waals surface area contributed by atoms with Crippen LogP contribution in [0.2, 0.25) is 0 Å². The van der Waals surface area contributed by atoms with Gasteiger partial charge in [0.25, 0.3) is 11.8 Å². The van der Waals surface area contributed by atoms with Gasteiger partial charge in [-0.25, -0.2) is 0 Å². The molecule has 0 unspecified atom stereocenters. The van der Waals surface area contributed by atoms with E-state index in [0.717, 1.165) is 15.7 Å². The lowest BCUT2D eigenvalue weighted by atomic mass is 10.1. The highest BCUT2D eigenvalue weighted by Crippen LogP contribution is 2.23.